The third kappa shape index (κ3) is 6.00. The molecule has 1 unspecified atom stereocenters. The third-order valence-corrected chi connectivity index (χ3v) is 2.64. The zero-order chi connectivity index (χ0) is 14.5. The molecule has 0 fully saturated rings. The smallest absolute Gasteiger partial charge is 0.313 e. The molecule has 0 aliphatic carbocycles. The molecule has 0 saturated carbocycles. The average molecular weight is 281 g/mol. The number of rotatable bonds is 6. The molecule has 1 N–H and O–H groups in total. The highest BCUT2D eigenvalue weighted by Gasteiger charge is 2.32. The lowest BCUT2D eigenvalue weighted by Crippen LogP contribution is -2.36. The van der Waals surface area contributed by atoms with Gasteiger partial charge in [0.25, 0.3) is 0 Å². The van der Waals surface area contributed by atoms with Gasteiger partial charge in [-0.15, -0.1) is 0 Å². The van der Waals surface area contributed by atoms with Crippen molar-refractivity contribution < 1.29 is 22.0 Å². The van der Waals surface area contributed by atoms with Crippen LogP contribution in [-0.2, 0) is 6.42 Å². The maximum absolute atomic E-state index is 13.4. The van der Waals surface area contributed by atoms with Crippen LogP contribution in [0.1, 0.15) is 25.3 Å². The summed E-state index contributed by atoms with van der Waals surface area (Å²) < 4.78 is 63.4. The number of halogens is 5. The van der Waals surface area contributed by atoms with Gasteiger partial charge in [-0.05, 0) is 31.0 Å². The Balaban J connectivity index is 2.75. The van der Waals surface area contributed by atoms with Crippen LogP contribution >= 0.6 is 0 Å². The van der Waals surface area contributed by atoms with Crippen LogP contribution in [-0.4, -0.2) is 18.8 Å². The van der Waals surface area contributed by atoms with Gasteiger partial charge in [0.1, 0.15) is 11.6 Å². The minimum absolute atomic E-state index is 0.0826. The van der Waals surface area contributed by atoms with Gasteiger partial charge in [-0.3, -0.25) is 0 Å². The van der Waals surface area contributed by atoms with E-state index in [0.29, 0.717) is 19.0 Å². The van der Waals surface area contributed by atoms with E-state index in [1.807, 2.05) is 6.92 Å². The Bertz CT molecular complexity index is 403. The molecule has 0 heterocycles. The minimum atomic E-state index is -4.32. The molecule has 0 aromatic heterocycles. The van der Waals surface area contributed by atoms with Gasteiger partial charge >= 0.3 is 6.18 Å². The first-order chi connectivity index (χ1) is 8.81. The molecule has 19 heavy (non-hydrogen) atoms. The van der Waals surface area contributed by atoms with Crippen molar-refractivity contribution in [3.05, 3.63) is 35.4 Å². The van der Waals surface area contributed by atoms with Gasteiger partial charge in [0, 0.05) is 12.1 Å². The highest BCUT2D eigenvalue weighted by atomic mass is 19.4. The first kappa shape index (κ1) is 15.9. The topological polar surface area (TPSA) is 12.0 Å². The Morgan fingerprint density at radius 2 is 1.89 bits per heavy atom. The summed E-state index contributed by atoms with van der Waals surface area (Å²) >= 11 is 0. The predicted molar refractivity (Wildman–Crippen MR) is 62.8 cm³/mol. The quantitative estimate of drug-likeness (QED) is 0.781. The molecule has 0 saturated heterocycles. The minimum Gasteiger partial charge on any atom is -0.313 e. The standard InChI is InChI=1S/C13H16F5N/c1-2-5-19-11(8-13(16,17)18)6-9-3-4-10(14)7-12(9)15/h3-4,7,11,19H,2,5-6,8H2,1H3. The van der Waals surface area contributed by atoms with Gasteiger partial charge in [0.2, 0.25) is 0 Å². The van der Waals surface area contributed by atoms with Crippen LogP contribution < -0.4 is 5.32 Å². The molecule has 1 rings (SSSR count). The van der Waals surface area contributed by atoms with Crippen molar-refractivity contribution in [1.82, 2.24) is 5.32 Å². The Morgan fingerprint density at radius 1 is 1.21 bits per heavy atom. The summed E-state index contributed by atoms with van der Waals surface area (Å²) in [6, 6.07) is 2.00. The highest BCUT2D eigenvalue weighted by Crippen LogP contribution is 2.24. The SMILES string of the molecule is CCCNC(Cc1ccc(F)cc1F)CC(F)(F)F. The number of hydrogen-bond acceptors (Lipinski definition) is 1. The van der Waals surface area contributed by atoms with Crippen LogP contribution in [0.15, 0.2) is 18.2 Å². The molecule has 1 aromatic carbocycles. The first-order valence-corrected chi connectivity index (χ1v) is 6.06. The van der Waals surface area contributed by atoms with E-state index in [4.69, 9.17) is 0 Å². The average Bonchev–Trinajstić information content (AvgIpc) is 2.27. The number of nitrogens with one attached hydrogen (secondary N) is 1. The predicted octanol–water partition coefficient (Wildman–Crippen LogP) is 3.83. The zero-order valence-corrected chi connectivity index (χ0v) is 10.5. The summed E-state index contributed by atoms with van der Waals surface area (Å²) in [5.74, 6) is -1.55. The van der Waals surface area contributed by atoms with E-state index in [9.17, 15) is 22.0 Å². The molecule has 1 nitrogen and oxygen atoms in total. The third-order valence-electron chi connectivity index (χ3n) is 2.64. The van der Waals surface area contributed by atoms with Crippen molar-refractivity contribution >= 4 is 0 Å². The van der Waals surface area contributed by atoms with Crippen molar-refractivity contribution in [1.29, 1.82) is 0 Å². The highest BCUT2D eigenvalue weighted by molar-refractivity contribution is 5.19. The molecule has 1 aromatic rings. The first-order valence-electron chi connectivity index (χ1n) is 6.06. The fourth-order valence-electron chi connectivity index (χ4n) is 1.80. The summed E-state index contributed by atoms with van der Waals surface area (Å²) in [5.41, 5.74) is 0.0826. The second-order valence-corrected chi connectivity index (χ2v) is 4.41. The van der Waals surface area contributed by atoms with Crippen molar-refractivity contribution in [2.75, 3.05) is 6.54 Å². The molecular weight excluding hydrogens is 265 g/mol. The second kappa shape index (κ2) is 6.84. The Kier molecular flexibility index (Phi) is 5.72. The van der Waals surface area contributed by atoms with Crippen molar-refractivity contribution in [3.63, 3.8) is 0 Å². The van der Waals surface area contributed by atoms with Crippen LogP contribution in [0.2, 0.25) is 0 Å². The number of benzene rings is 1. The summed E-state index contributed by atoms with van der Waals surface area (Å²) in [7, 11) is 0. The monoisotopic (exact) mass is 281 g/mol. The maximum atomic E-state index is 13.4. The Morgan fingerprint density at radius 3 is 2.42 bits per heavy atom. The van der Waals surface area contributed by atoms with E-state index >= 15 is 0 Å². The molecule has 6 heteroatoms. The lowest BCUT2D eigenvalue weighted by atomic mass is 10.0. The maximum Gasteiger partial charge on any atom is 0.390 e. The Hall–Kier alpha value is -1.17. The van der Waals surface area contributed by atoms with Crippen LogP contribution in [0, 0.1) is 11.6 Å². The normalized spacial score (nSPS) is 13.6. The fraction of sp³-hybridized carbons (Fsp3) is 0.538. The summed E-state index contributed by atoms with van der Waals surface area (Å²) in [5, 5.41) is 2.74. The molecule has 0 amide bonds. The van der Waals surface area contributed by atoms with Crippen molar-refractivity contribution in [2.24, 2.45) is 0 Å². The lowest BCUT2D eigenvalue weighted by molar-refractivity contribution is -0.139. The molecule has 1 atom stereocenters. The van der Waals surface area contributed by atoms with Gasteiger partial charge < -0.3 is 5.32 Å². The Labute approximate surface area is 108 Å². The molecule has 0 aliphatic rings. The molecular formula is C13H16F5N. The largest absolute Gasteiger partial charge is 0.390 e. The molecule has 0 aliphatic heterocycles. The van der Waals surface area contributed by atoms with Gasteiger partial charge in [-0.1, -0.05) is 13.0 Å². The molecule has 0 bridgehead atoms. The van der Waals surface area contributed by atoms with E-state index in [0.717, 1.165) is 6.07 Å². The van der Waals surface area contributed by atoms with E-state index in [1.165, 1.54) is 6.07 Å². The van der Waals surface area contributed by atoms with E-state index < -0.39 is 30.3 Å². The molecule has 108 valence electrons. The van der Waals surface area contributed by atoms with Crippen LogP contribution in [0.4, 0.5) is 22.0 Å². The van der Waals surface area contributed by atoms with Crippen LogP contribution in [0.5, 0.6) is 0 Å². The molecule has 0 radical (unpaired) electrons. The lowest BCUT2D eigenvalue weighted by Gasteiger charge is -2.20. The van der Waals surface area contributed by atoms with Gasteiger partial charge in [-0.2, -0.15) is 13.2 Å². The summed E-state index contributed by atoms with van der Waals surface area (Å²) in [6.07, 6.45) is -4.79. The zero-order valence-electron chi connectivity index (χ0n) is 10.5. The van der Waals surface area contributed by atoms with Crippen LogP contribution in [0.3, 0.4) is 0 Å². The summed E-state index contributed by atoms with van der Waals surface area (Å²) in [4.78, 5) is 0. The second-order valence-electron chi connectivity index (χ2n) is 4.41. The van der Waals surface area contributed by atoms with E-state index in [-0.39, 0.29) is 12.0 Å². The van der Waals surface area contributed by atoms with Gasteiger partial charge in [0.05, 0.1) is 6.42 Å². The molecule has 0 spiro atoms. The number of alkyl halides is 3. The van der Waals surface area contributed by atoms with Crippen LogP contribution in [0.25, 0.3) is 0 Å². The van der Waals surface area contributed by atoms with E-state index in [2.05, 4.69) is 5.32 Å². The van der Waals surface area contributed by atoms with E-state index in [1.54, 1.807) is 0 Å². The van der Waals surface area contributed by atoms with Crippen molar-refractivity contribution in [2.45, 2.75) is 38.4 Å². The van der Waals surface area contributed by atoms with Gasteiger partial charge in [-0.25, -0.2) is 8.78 Å². The fourth-order valence-corrected chi connectivity index (χ4v) is 1.80. The number of hydrogen-bond donors (Lipinski definition) is 1. The summed E-state index contributed by atoms with van der Waals surface area (Å²) in [6.45, 7) is 2.25. The van der Waals surface area contributed by atoms with Gasteiger partial charge in [0.15, 0.2) is 0 Å². The van der Waals surface area contributed by atoms with Crippen molar-refractivity contribution in [3.8, 4) is 0 Å².